The van der Waals surface area contributed by atoms with E-state index >= 15 is 0 Å². The molecule has 0 aromatic heterocycles. The second-order valence-corrected chi connectivity index (χ2v) is 5.06. The van der Waals surface area contributed by atoms with E-state index in [1.807, 2.05) is 36.4 Å². The number of carbonyl (C=O) groups is 1. The predicted molar refractivity (Wildman–Crippen MR) is 83.4 cm³/mol. The molecule has 0 fully saturated rings. The maximum absolute atomic E-state index is 11.1. The first-order valence-corrected chi connectivity index (χ1v) is 6.91. The molecular weight excluding hydrogens is 288 g/mol. The second kappa shape index (κ2) is 6.95. The third-order valence-electron chi connectivity index (χ3n) is 3.16. The minimum absolute atomic E-state index is 0.419. The number of carboxylic acid groups (broad SMARTS) is 1. The average Bonchev–Trinajstić information content (AvgIpc) is 2.48. The van der Waals surface area contributed by atoms with Gasteiger partial charge in [0.1, 0.15) is 0 Å². The number of allylic oxidation sites excluding steroid dienone is 1. The summed E-state index contributed by atoms with van der Waals surface area (Å²) in [5.41, 5.74) is 2.12. The molecule has 0 bridgehead atoms. The summed E-state index contributed by atoms with van der Waals surface area (Å²) in [6.45, 7) is 0. The summed E-state index contributed by atoms with van der Waals surface area (Å²) in [6.07, 6.45) is 1.02. The van der Waals surface area contributed by atoms with E-state index < -0.39 is 11.7 Å². The van der Waals surface area contributed by atoms with Crippen LogP contribution >= 0.6 is 11.6 Å². The zero-order chi connectivity index (χ0) is 15.2. The number of aliphatic hydroxyl groups is 1. The van der Waals surface area contributed by atoms with Crippen LogP contribution in [0.5, 0.6) is 0 Å². The minimum atomic E-state index is -1.32. The number of carboxylic acids is 1. The number of benzene rings is 2. The molecule has 0 radical (unpaired) electrons. The van der Waals surface area contributed by atoms with Crippen LogP contribution in [0, 0.1) is 0 Å². The molecule has 4 heteroatoms. The molecule has 0 saturated carbocycles. The normalized spacial score (nSPS) is 11.9. The zero-order valence-corrected chi connectivity index (χ0v) is 12.0. The van der Waals surface area contributed by atoms with Gasteiger partial charge in [0, 0.05) is 10.6 Å². The molecule has 0 aliphatic rings. The summed E-state index contributed by atoms with van der Waals surface area (Å²) in [6, 6.07) is 16.4. The van der Waals surface area contributed by atoms with E-state index in [0.717, 1.165) is 5.56 Å². The van der Waals surface area contributed by atoms with Crippen LogP contribution in [0.15, 0.2) is 60.4 Å². The van der Waals surface area contributed by atoms with Crippen LogP contribution in [0.1, 0.15) is 17.5 Å². The summed E-state index contributed by atoms with van der Waals surface area (Å²) in [5.74, 6) is -1.93. The number of hydrogen-bond donors (Lipinski definition) is 2. The third-order valence-corrected chi connectivity index (χ3v) is 3.40. The fraction of sp³-hybridized carbons (Fsp3) is 0.118. The lowest BCUT2D eigenvalue weighted by Gasteiger charge is -2.09. The van der Waals surface area contributed by atoms with Crippen molar-refractivity contribution >= 4 is 23.1 Å². The highest BCUT2D eigenvalue weighted by Crippen LogP contribution is 2.24. The smallest absolute Gasteiger partial charge is 0.371 e. The van der Waals surface area contributed by atoms with E-state index in [1.54, 1.807) is 18.2 Å². The van der Waals surface area contributed by atoms with Crippen molar-refractivity contribution in [3.8, 4) is 0 Å². The monoisotopic (exact) mass is 302 g/mol. The molecule has 21 heavy (non-hydrogen) atoms. The van der Waals surface area contributed by atoms with Crippen molar-refractivity contribution in [3.63, 3.8) is 0 Å². The molecule has 2 aromatic carbocycles. The Kier molecular flexibility index (Phi) is 5.01. The topological polar surface area (TPSA) is 57.5 Å². The van der Waals surface area contributed by atoms with Crippen molar-refractivity contribution in [2.24, 2.45) is 0 Å². The van der Waals surface area contributed by atoms with Crippen LogP contribution < -0.4 is 0 Å². The average molecular weight is 303 g/mol. The van der Waals surface area contributed by atoms with E-state index in [1.165, 1.54) is 0 Å². The Bertz CT molecular complexity index is 663. The summed E-state index contributed by atoms with van der Waals surface area (Å²) in [5, 5.41) is 19.5. The first-order valence-electron chi connectivity index (χ1n) is 6.53. The number of aliphatic carboxylic acids is 1. The molecule has 0 amide bonds. The minimum Gasteiger partial charge on any atom is -0.502 e. The molecule has 0 heterocycles. The number of halogens is 1. The Morgan fingerprint density at radius 2 is 1.71 bits per heavy atom. The van der Waals surface area contributed by atoms with Gasteiger partial charge < -0.3 is 10.2 Å². The molecule has 0 aliphatic heterocycles. The Morgan fingerprint density at radius 1 is 1.00 bits per heavy atom. The van der Waals surface area contributed by atoms with Gasteiger partial charge in [0.15, 0.2) is 0 Å². The SMILES string of the molecule is O=C(O)/C(O)=C(/CCc1cccc(Cl)c1)c1ccccc1. The van der Waals surface area contributed by atoms with Gasteiger partial charge in [0.25, 0.3) is 0 Å². The molecule has 2 aromatic rings. The van der Waals surface area contributed by atoms with Crippen LogP contribution in [0.2, 0.25) is 5.02 Å². The van der Waals surface area contributed by atoms with Gasteiger partial charge in [0.2, 0.25) is 5.76 Å². The molecule has 0 aliphatic carbocycles. The summed E-state index contributed by atoms with van der Waals surface area (Å²) >= 11 is 5.93. The predicted octanol–water partition coefficient (Wildman–Crippen LogP) is 4.33. The molecule has 3 nitrogen and oxygen atoms in total. The van der Waals surface area contributed by atoms with Crippen molar-refractivity contribution in [1.29, 1.82) is 0 Å². The van der Waals surface area contributed by atoms with Gasteiger partial charge in [-0.15, -0.1) is 0 Å². The van der Waals surface area contributed by atoms with Crippen molar-refractivity contribution in [2.45, 2.75) is 12.8 Å². The van der Waals surface area contributed by atoms with Crippen molar-refractivity contribution in [2.75, 3.05) is 0 Å². The lowest BCUT2D eigenvalue weighted by Crippen LogP contribution is -2.04. The van der Waals surface area contributed by atoms with Crippen LogP contribution in [-0.2, 0) is 11.2 Å². The number of aryl methyl sites for hydroxylation is 1. The molecule has 0 spiro atoms. The van der Waals surface area contributed by atoms with Crippen LogP contribution in [0.25, 0.3) is 5.57 Å². The van der Waals surface area contributed by atoms with Crippen molar-refractivity contribution < 1.29 is 15.0 Å². The van der Waals surface area contributed by atoms with Gasteiger partial charge in [-0.05, 0) is 36.1 Å². The molecule has 2 rings (SSSR count). The van der Waals surface area contributed by atoms with Crippen molar-refractivity contribution in [1.82, 2.24) is 0 Å². The third kappa shape index (κ3) is 4.10. The van der Waals surface area contributed by atoms with Gasteiger partial charge in [0.05, 0.1) is 0 Å². The lowest BCUT2D eigenvalue weighted by atomic mass is 9.97. The quantitative estimate of drug-likeness (QED) is 0.638. The highest BCUT2D eigenvalue weighted by atomic mass is 35.5. The fourth-order valence-corrected chi connectivity index (χ4v) is 2.34. The molecule has 0 saturated heterocycles. The van der Waals surface area contributed by atoms with Crippen LogP contribution in [0.4, 0.5) is 0 Å². The Labute approximate surface area is 128 Å². The van der Waals surface area contributed by atoms with Gasteiger partial charge >= 0.3 is 5.97 Å². The van der Waals surface area contributed by atoms with Gasteiger partial charge in [-0.1, -0.05) is 54.1 Å². The first-order chi connectivity index (χ1) is 10.1. The lowest BCUT2D eigenvalue weighted by molar-refractivity contribution is -0.135. The highest BCUT2D eigenvalue weighted by Gasteiger charge is 2.14. The molecule has 0 atom stereocenters. The second-order valence-electron chi connectivity index (χ2n) is 4.63. The van der Waals surface area contributed by atoms with Crippen LogP contribution in [-0.4, -0.2) is 16.2 Å². The molecule has 2 N–H and O–H groups in total. The summed E-state index contributed by atoms with van der Waals surface area (Å²) in [7, 11) is 0. The highest BCUT2D eigenvalue weighted by molar-refractivity contribution is 6.30. The Morgan fingerprint density at radius 3 is 2.33 bits per heavy atom. The zero-order valence-electron chi connectivity index (χ0n) is 11.3. The first kappa shape index (κ1) is 15.1. The number of hydrogen-bond acceptors (Lipinski definition) is 2. The summed E-state index contributed by atoms with van der Waals surface area (Å²) in [4.78, 5) is 11.1. The van der Waals surface area contributed by atoms with Gasteiger partial charge in [-0.3, -0.25) is 0 Å². The van der Waals surface area contributed by atoms with Crippen molar-refractivity contribution in [3.05, 3.63) is 76.5 Å². The van der Waals surface area contributed by atoms with E-state index in [4.69, 9.17) is 16.7 Å². The standard InChI is InChI=1S/C17H15ClO3/c18-14-8-4-5-12(11-14)9-10-15(16(19)17(20)21)13-6-2-1-3-7-13/h1-8,11,19H,9-10H2,(H,20,21)/b16-15+. The van der Waals surface area contributed by atoms with E-state index in [-0.39, 0.29) is 0 Å². The summed E-state index contributed by atoms with van der Waals surface area (Å²) < 4.78 is 0. The molecule has 0 unspecified atom stereocenters. The van der Waals surface area contributed by atoms with E-state index in [0.29, 0.717) is 29.0 Å². The van der Waals surface area contributed by atoms with Gasteiger partial charge in [-0.25, -0.2) is 4.79 Å². The maximum Gasteiger partial charge on any atom is 0.371 e. The van der Waals surface area contributed by atoms with Gasteiger partial charge in [-0.2, -0.15) is 0 Å². The van der Waals surface area contributed by atoms with Crippen LogP contribution in [0.3, 0.4) is 0 Å². The Hall–Kier alpha value is -2.26. The largest absolute Gasteiger partial charge is 0.502 e. The Balaban J connectivity index is 2.26. The van der Waals surface area contributed by atoms with E-state index in [2.05, 4.69) is 0 Å². The molecule has 108 valence electrons. The fourth-order valence-electron chi connectivity index (χ4n) is 2.13. The maximum atomic E-state index is 11.1. The molecular formula is C17H15ClO3. The number of rotatable bonds is 5. The number of aliphatic hydroxyl groups excluding tert-OH is 1. The van der Waals surface area contributed by atoms with E-state index in [9.17, 15) is 9.90 Å².